The Balaban J connectivity index is 1.49. The van der Waals surface area contributed by atoms with Gasteiger partial charge in [-0.25, -0.2) is 0 Å². The fourth-order valence-electron chi connectivity index (χ4n) is 3.65. The average molecular weight is 385 g/mol. The number of rotatable bonds is 5. The van der Waals surface area contributed by atoms with E-state index in [0.717, 1.165) is 37.5 Å². The van der Waals surface area contributed by atoms with Crippen LogP contribution in [0.2, 0.25) is 5.02 Å². The summed E-state index contributed by atoms with van der Waals surface area (Å²) < 4.78 is 0. The molecule has 1 amide bonds. The van der Waals surface area contributed by atoms with E-state index in [1.165, 1.54) is 22.3 Å². The molecule has 27 heavy (non-hydrogen) atoms. The highest BCUT2D eigenvalue weighted by molar-refractivity contribution is 6.30. The highest BCUT2D eigenvalue weighted by atomic mass is 35.5. The minimum Gasteiger partial charge on any atom is -0.349 e. The van der Waals surface area contributed by atoms with Crippen LogP contribution < -0.4 is 5.32 Å². The molecule has 0 bridgehead atoms. The molecule has 1 N–H and O–H groups in total. The topological polar surface area (TPSA) is 32.3 Å². The van der Waals surface area contributed by atoms with Crippen molar-refractivity contribution in [2.24, 2.45) is 5.92 Å². The van der Waals surface area contributed by atoms with Crippen LogP contribution in [0.5, 0.6) is 0 Å². The molecule has 0 spiro atoms. The molecule has 3 rings (SSSR count). The Morgan fingerprint density at radius 1 is 1.11 bits per heavy atom. The molecule has 1 heterocycles. The second-order valence-electron chi connectivity index (χ2n) is 7.75. The zero-order valence-corrected chi connectivity index (χ0v) is 17.2. The lowest BCUT2D eigenvalue weighted by Gasteiger charge is -2.32. The molecule has 1 atom stereocenters. The third kappa shape index (κ3) is 5.33. The first-order valence-electron chi connectivity index (χ1n) is 9.76. The van der Waals surface area contributed by atoms with E-state index in [2.05, 4.69) is 61.3 Å². The van der Waals surface area contributed by atoms with Crippen molar-refractivity contribution in [1.82, 2.24) is 10.2 Å². The Labute approximate surface area is 167 Å². The van der Waals surface area contributed by atoms with Crippen LogP contribution in [0.1, 0.15) is 48.1 Å². The molecular weight excluding hydrogens is 356 g/mol. The molecule has 0 saturated carbocycles. The highest BCUT2D eigenvalue weighted by Crippen LogP contribution is 2.22. The predicted octanol–water partition coefficient (Wildman–Crippen LogP) is 5.05. The molecule has 0 unspecified atom stereocenters. The van der Waals surface area contributed by atoms with Crippen LogP contribution >= 0.6 is 11.6 Å². The van der Waals surface area contributed by atoms with Gasteiger partial charge < -0.3 is 5.32 Å². The van der Waals surface area contributed by atoms with Gasteiger partial charge in [-0.2, -0.15) is 0 Å². The fourth-order valence-corrected chi connectivity index (χ4v) is 3.78. The van der Waals surface area contributed by atoms with Crippen molar-refractivity contribution in [3.05, 3.63) is 69.7 Å². The average Bonchev–Trinajstić information content (AvgIpc) is 2.66. The number of aryl methyl sites for hydroxylation is 2. The monoisotopic (exact) mass is 384 g/mol. The molecule has 1 aliphatic rings. The van der Waals surface area contributed by atoms with Crippen molar-refractivity contribution in [2.45, 2.75) is 46.2 Å². The summed E-state index contributed by atoms with van der Waals surface area (Å²) in [6.45, 7) is 9.13. The Bertz CT molecular complexity index is 779. The first-order valence-corrected chi connectivity index (χ1v) is 10.1. The normalized spacial score (nSPS) is 16.9. The summed E-state index contributed by atoms with van der Waals surface area (Å²) in [6.07, 6.45) is 1.83. The molecule has 4 heteroatoms. The van der Waals surface area contributed by atoms with Gasteiger partial charge in [0, 0.05) is 17.5 Å². The summed E-state index contributed by atoms with van der Waals surface area (Å²) in [7, 11) is 0. The number of nitrogens with one attached hydrogen (secondary N) is 1. The number of benzene rings is 2. The van der Waals surface area contributed by atoms with E-state index in [1.54, 1.807) is 0 Å². The van der Waals surface area contributed by atoms with Crippen molar-refractivity contribution < 1.29 is 4.79 Å². The molecule has 0 aromatic heterocycles. The molecule has 0 aliphatic carbocycles. The summed E-state index contributed by atoms with van der Waals surface area (Å²) >= 11 is 5.95. The van der Waals surface area contributed by atoms with E-state index >= 15 is 0 Å². The lowest BCUT2D eigenvalue weighted by atomic mass is 9.94. The summed E-state index contributed by atoms with van der Waals surface area (Å²) in [5, 5.41) is 3.98. The van der Waals surface area contributed by atoms with Crippen LogP contribution in [0.25, 0.3) is 0 Å². The maximum absolute atomic E-state index is 12.7. The van der Waals surface area contributed by atoms with E-state index in [4.69, 9.17) is 11.6 Å². The van der Waals surface area contributed by atoms with Gasteiger partial charge in [-0.15, -0.1) is 0 Å². The fraction of sp³-hybridized carbons (Fsp3) is 0.435. The van der Waals surface area contributed by atoms with Crippen LogP contribution in [-0.2, 0) is 11.3 Å². The van der Waals surface area contributed by atoms with Crippen molar-refractivity contribution >= 4 is 17.5 Å². The third-order valence-electron chi connectivity index (χ3n) is 5.67. The smallest absolute Gasteiger partial charge is 0.223 e. The number of carbonyl (C=O) groups is 1. The molecular formula is C23H29ClN2O. The lowest BCUT2D eigenvalue weighted by Crippen LogP contribution is -2.40. The number of hydrogen-bond acceptors (Lipinski definition) is 2. The van der Waals surface area contributed by atoms with Gasteiger partial charge in [-0.1, -0.05) is 41.9 Å². The summed E-state index contributed by atoms with van der Waals surface area (Å²) in [6, 6.07) is 14.5. The Hall–Kier alpha value is -1.84. The standard InChI is InChI=1S/C23H29ClN2O/c1-16-4-7-21(14-17(16)2)18(3)25-23(27)20-10-12-26(13-11-20)15-19-5-8-22(24)9-6-19/h4-9,14,18,20H,10-13,15H2,1-3H3,(H,25,27)/t18-/m1/s1. The van der Waals surface area contributed by atoms with Crippen LogP contribution in [-0.4, -0.2) is 23.9 Å². The summed E-state index contributed by atoms with van der Waals surface area (Å²) in [4.78, 5) is 15.1. The second-order valence-corrected chi connectivity index (χ2v) is 8.19. The Kier molecular flexibility index (Phi) is 6.56. The molecule has 0 radical (unpaired) electrons. The van der Waals surface area contributed by atoms with Gasteiger partial charge in [0.1, 0.15) is 0 Å². The van der Waals surface area contributed by atoms with Gasteiger partial charge in [0.15, 0.2) is 0 Å². The number of piperidine rings is 1. The zero-order valence-electron chi connectivity index (χ0n) is 16.5. The quantitative estimate of drug-likeness (QED) is 0.782. The number of hydrogen-bond donors (Lipinski definition) is 1. The second kappa shape index (κ2) is 8.90. The number of likely N-dealkylation sites (tertiary alicyclic amines) is 1. The predicted molar refractivity (Wildman–Crippen MR) is 112 cm³/mol. The molecule has 1 aliphatic heterocycles. The van der Waals surface area contributed by atoms with Crippen LogP contribution in [0, 0.1) is 19.8 Å². The molecule has 2 aromatic carbocycles. The molecule has 1 saturated heterocycles. The van der Waals surface area contributed by atoms with E-state index in [9.17, 15) is 4.79 Å². The van der Waals surface area contributed by atoms with Gasteiger partial charge in [-0.3, -0.25) is 9.69 Å². The Morgan fingerprint density at radius 2 is 1.78 bits per heavy atom. The largest absolute Gasteiger partial charge is 0.349 e. The number of nitrogens with zero attached hydrogens (tertiary/aromatic N) is 1. The maximum Gasteiger partial charge on any atom is 0.223 e. The molecule has 3 nitrogen and oxygen atoms in total. The van der Waals surface area contributed by atoms with Crippen LogP contribution in [0.3, 0.4) is 0 Å². The third-order valence-corrected chi connectivity index (χ3v) is 5.92. The summed E-state index contributed by atoms with van der Waals surface area (Å²) in [5.41, 5.74) is 4.99. The van der Waals surface area contributed by atoms with Gasteiger partial charge in [0.25, 0.3) is 0 Å². The highest BCUT2D eigenvalue weighted by Gasteiger charge is 2.26. The molecule has 1 fully saturated rings. The van der Waals surface area contributed by atoms with Crippen molar-refractivity contribution in [3.8, 4) is 0 Å². The van der Waals surface area contributed by atoms with Crippen molar-refractivity contribution in [1.29, 1.82) is 0 Å². The maximum atomic E-state index is 12.7. The number of carbonyl (C=O) groups excluding carboxylic acids is 1. The van der Waals surface area contributed by atoms with Gasteiger partial charge in [0.2, 0.25) is 5.91 Å². The van der Waals surface area contributed by atoms with Crippen molar-refractivity contribution in [3.63, 3.8) is 0 Å². The zero-order chi connectivity index (χ0) is 19.4. The first-order chi connectivity index (χ1) is 12.9. The van der Waals surface area contributed by atoms with Crippen LogP contribution in [0.15, 0.2) is 42.5 Å². The SMILES string of the molecule is Cc1ccc([C@@H](C)NC(=O)C2CCN(Cc3ccc(Cl)cc3)CC2)cc1C. The van der Waals surface area contributed by atoms with Crippen molar-refractivity contribution in [2.75, 3.05) is 13.1 Å². The van der Waals surface area contributed by atoms with E-state index < -0.39 is 0 Å². The van der Waals surface area contributed by atoms with E-state index in [-0.39, 0.29) is 17.9 Å². The molecule has 144 valence electrons. The van der Waals surface area contributed by atoms with E-state index in [1.807, 2.05) is 12.1 Å². The first kappa shape index (κ1) is 19.9. The lowest BCUT2D eigenvalue weighted by molar-refractivity contribution is -0.127. The molecule has 2 aromatic rings. The van der Waals surface area contributed by atoms with Gasteiger partial charge in [0.05, 0.1) is 6.04 Å². The van der Waals surface area contributed by atoms with Gasteiger partial charge in [-0.05, 0) is 81.1 Å². The Morgan fingerprint density at radius 3 is 2.41 bits per heavy atom. The summed E-state index contributed by atoms with van der Waals surface area (Å²) in [5.74, 6) is 0.298. The van der Waals surface area contributed by atoms with Gasteiger partial charge >= 0.3 is 0 Å². The number of halogens is 1. The minimum absolute atomic E-state index is 0.0453. The number of amides is 1. The van der Waals surface area contributed by atoms with Crippen LogP contribution in [0.4, 0.5) is 0 Å². The van der Waals surface area contributed by atoms with E-state index in [0.29, 0.717) is 0 Å². The minimum atomic E-state index is 0.0453.